The lowest BCUT2D eigenvalue weighted by molar-refractivity contribution is -0.138. The topological polar surface area (TPSA) is 89.3 Å². The highest BCUT2D eigenvalue weighted by Gasteiger charge is 2.17. The molecule has 66 valence electrons. The van der Waals surface area contributed by atoms with Crippen LogP contribution >= 0.6 is 0 Å². The minimum Gasteiger partial charge on any atom is -0.480 e. The number of carbonyl (C=O) groups is 1. The van der Waals surface area contributed by atoms with E-state index in [9.17, 15) is 4.79 Å². The molecule has 0 aliphatic heterocycles. The Morgan fingerprint density at radius 3 is 2.18 bits per heavy atom. The highest BCUT2D eigenvalue weighted by molar-refractivity contribution is 5.73. The molecule has 5 N–H and O–H groups in total. The van der Waals surface area contributed by atoms with Gasteiger partial charge in [0.1, 0.15) is 6.04 Å². The zero-order chi connectivity index (χ0) is 9.02. The van der Waals surface area contributed by atoms with Crippen molar-refractivity contribution in [2.24, 2.45) is 17.4 Å². The van der Waals surface area contributed by atoms with E-state index in [4.69, 9.17) is 16.6 Å². The van der Waals surface area contributed by atoms with Crippen LogP contribution in [0.4, 0.5) is 0 Å². The zero-order valence-electron chi connectivity index (χ0n) is 6.95. The molecule has 0 saturated heterocycles. The molecule has 0 aliphatic rings. The second-order valence-electron chi connectivity index (χ2n) is 3.09. The average molecular weight is 160 g/mol. The lowest BCUT2D eigenvalue weighted by atomic mass is 9.98. The van der Waals surface area contributed by atoms with Crippen molar-refractivity contribution in [2.75, 3.05) is 0 Å². The normalized spacial score (nSPS) is 16.5. The zero-order valence-corrected chi connectivity index (χ0v) is 6.95. The SMILES string of the molecule is CC(C)C(N)CC(N)C(=O)O. The fourth-order valence-electron chi connectivity index (χ4n) is 0.666. The number of carboxylic acid groups (broad SMARTS) is 1. The maximum absolute atomic E-state index is 10.3. The summed E-state index contributed by atoms with van der Waals surface area (Å²) >= 11 is 0. The number of carboxylic acids is 1. The molecular formula is C7H16N2O2. The molecule has 0 bridgehead atoms. The van der Waals surface area contributed by atoms with Crippen LogP contribution in [0.5, 0.6) is 0 Å². The Labute approximate surface area is 66.6 Å². The molecule has 0 aliphatic carbocycles. The molecule has 0 heterocycles. The summed E-state index contributed by atoms with van der Waals surface area (Å²) in [6, 6.07) is -0.950. The van der Waals surface area contributed by atoms with E-state index in [0.29, 0.717) is 6.42 Å². The van der Waals surface area contributed by atoms with Crippen LogP contribution in [0.1, 0.15) is 20.3 Å². The van der Waals surface area contributed by atoms with Crippen LogP contribution in [-0.4, -0.2) is 23.2 Å². The van der Waals surface area contributed by atoms with Crippen molar-refractivity contribution in [3.05, 3.63) is 0 Å². The van der Waals surface area contributed by atoms with Crippen LogP contribution in [-0.2, 0) is 4.79 Å². The van der Waals surface area contributed by atoms with Crippen LogP contribution in [0.2, 0.25) is 0 Å². The molecule has 0 aromatic carbocycles. The first-order valence-corrected chi connectivity index (χ1v) is 3.69. The molecule has 0 saturated carbocycles. The van der Waals surface area contributed by atoms with Crippen molar-refractivity contribution in [3.8, 4) is 0 Å². The van der Waals surface area contributed by atoms with Crippen molar-refractivity contribution < 1.29 is 9.90 Å². The maximum atomic E-state index is 10.3. The summed E-state index contributed by atoms with van der Waals surface area (Å²) in [5.41, 5.74) is 10.9. The van der Waals surface area contributed by atoms with E-state index in [-0.39, 0.29) is 12.0 Å². The van der Waals surface area contributed by atoms with Gasteiger partial charge in [0.05, 0.1) is 0 Å². The van der Waals surface area contributed by atoms with Gasteiger partial charge in [-0.2, -0.15) is 0 Å². The van der Waals surface area contributed by atoms with Crippen molar-refractivity contribution in [2.45, 2.75) is 32.4 Å². The van der Waals surface area contributed by atoms with Crippen molar-refractivity contribution in [1.29, 1.82) is 0 Å². The van der Waals surface area contributed by atoms with Gasteiger partial charge in [-0.1, -0.05) is 13.8 Å². The summed E-state index contributed by atoms with van der Waals surface area (Å²) in [7, 11) is 0. The van der Waals surface area contributed by atoms with Gasteiger partial charge in [0.25, 0.3) is 0 Å². The molecular weight excluding hydrogens is 144 g/mol. The number of hydrogen-bond acceptors (Lipinski definition) is 3. The Morgan fingerprint density at radius 2 is 1.91 bits per heavy atom. The van der Waals surface area contributed by atoms with Gasteiger partial charge < -0.3 is 16.6 Å². The Hall–Kier alpha value is -0.610. The quantitative estimate of drug-likeness (QED) is 0.530. The predicted octanol–water partition coefficient (Wildman–Crippen LogP) is -0.228. The summed E-state index contributed by atoms with van der Waals surface area (Å²) in [6.45, 7) is 3.89. The Morgan fingerprint density at radius 1 is 1.45 bits per heavy atom. The van der Waals surface area contributed by atoms with E-state index >= 15 is 0 Å². The van der Waals surface area contributed by atoms with Crippen molar-refractivity contribution in [1.82, 2.24) is 0 Å². The summed E-state index contributed by atoms with van der Waals surface area (Å²) < 4.78 is 0. The molecule has 0 rings (SSSR count). The van der Waals surface area contributed by atoms with Gasteiger partial charge in [-0.05, 0) is 12.3 Å². The number of aliphatic carboxylic acids is 1. The second-order valence-corrected chi connectivity index (χ2v) is 3.09. The van der Waals surface area contributed by atoms with Crippen molar-refractivity contribution >= 4 is 5.97 Å². The Balaban J connectivity index is 3.75. The molecule has 4 heteroatoms. The minimum atomic E-state index is -0.985. The second kappa shape index (κ2) is 4.31. The van der Waals surface area contributed by atoms with E-state index < -0.39 is 12.0 Å². The minimum absolute atomic E-state index is 0.124. The number of rotatable bonds is 4. The Kier molecular flexibility index (Phi) is 4.07. The molecule has 2 atom stereocenters. The van der Waals surface area contributed by atoms with Gasteiger partial charge >= 0.3 is 5.97 Å². The molecule has 0 aromatic rings. The summed E-state index contributed by atoms with van der Waals surface area (Å²) in [4.78, 5) is 10.3. The average Bonchev–Trinajstić information content (AvgIpc) is 1.87. The monoisotopic (exact) mass is 160 g/mol. The van der Waals surface area contributed by atoms with Gasteiger partial charge in [0.15, 0.2) is 0 Å². The smallest absolute Gasteiger partial charge is 0.320 e. The van der Waals surface area contributed by atoms with Gasteiger partial charge in [-0.3, -0.25) is 4.79 Å². The highest BCUT2D eigenvalue weighted by atomic mass is 16.4. The first kappa shape index (κ1) is 10.4. The van der Waals surface area contributed by atoms with E-state index in [1.165, 1.54) is 0 Å². The third-order valence-corrected chi connectivity index (χ3v) is 1.70. The first-order valence-electron chi connectivity index (χ1n) is 3.69. The van der Waals surface area contributed by atoms with E-state index in [1.54, 1.807) is 0 Å². The van der Waals surface area contributed by atoms with Crippen LogP contribution in [0.3, 0.4) is 0 Å². The molecule has 4 nitrogen and oxygen atoms in total. The summed E-state index contributed by atoms with van der Waals surface area (Å²) in [5, 5.41) is 8.43. The fourth-order valence-corrected chi connectivity index (χ4v) is 0.666. The molecule has 2 unspecified atom stereocenters. The van der Waals surface area contributed by atoms with Crippen molar-refractivity contribution in [3.63, 3.8) is 0 Å². The van der Waals surface area contributed by atoms with E-state index in [2.05, 4.69) is 0 Å². The molecule has 0 spiro atoms. The largest absolute Gasteiger partial charge is 0.480 e. The number of hydrogen-bond donors (Lipinski definition) is 3. The van der Waals surface area contributed by atoms with Gasteiger partial charge in [0.2, 0.25) is 0 Å². The lowest BCUT2D eigenvalue weighted by Crippen LogP contribution is -2.39. The molecule has 11 heavy (non-hydrogen) atoms. The molecule has 0 amide bonds. The molecule has 0 aromatic heterocycles. The van der Waals surface area contributed by atoms with Crippen LogP contribution in [0, 0.1) is 5.92 Å². The lowest BCUT2D eigenvalue weighted by Gasteiger charge is -2.17. The van der Waals surface area contributed by atoms with Crippen LogP contribution < -0.4 is 11.5 Å². The summed E-state index contributed by atoms with van der Waals surface area (Å²) in [5.74, 6) is -0.707. The third kappa shape index (κ3) is 3.95. The first-order chi connectivity index (χ1) is 4.95. The summed E-state index contributed by atoms with van der Waals surface area (Å²) in [6.07, 6.45) is 0.340. The predicted molar refractivity (Wildman–Crippen MR) is 43.0 cm³/mol. The van der Waals surface area contributed by atoms with Crippen LogP contribution in [0.25, 0.3) is 0 Å². The standard InChI is InChI=1S/C7H16N2O2/c1-4(2)5(8)3-6(9)7(10)11/h4-6H,3,8-9H2,1-2H3,(H,10,11). The van der Waals surface area contributed by atoms with Gasteiger partial charge in [-0.25, -0.2) is 0 Å². The number of nitrogens with two attached hydrogens (primary N) is 2. The third-order valence-electron chi connectivity index (χ3n) is 1.70. The van der Waals surface area contributed by atoms with E-state index in [1.807, 2.05) is 13.8 Å². The fraction of sp³-hybridized carbons (Fsp3) is 0.857. The van der Waals surface area contributed by atoms with Crippen LogP contribution in [0.15, 0.2) is 0 Å². The van der Waals surface area contributed by atoms with Gasteiger partial charge in [0, 0.05) is 6.04 Å². The Bertz CT molecular complexity index is 136. The molecule has 0 radical (unpaired) electrons. The maximum Gasteiger partial charge on any atom is 0.320 e. The van der Waals surface area contributed by atoms with Gasteiger partial charge in [-0.15, -0.1) is 0 Å². The van der Waals surface area contributed by atoms with E-state index in [0.717, 1.165) is 0 Å². The molecule has 0 fully saturated rings. The highest BCUT2D eigenvalue weighted by Crippen LogP contribution is 2.04.